The number of alkyl carbamates (subject to hydrolysis) is 1. The fourth-order valence-electron chi connectivity index (χ4n) is 2.23. The van der Waals surface area contributed by atoms with Gasteiger partial charge >= 0.3 is 6.09 Å². The summed E-state index contributed by atoms with van der Waals surface area (Å²) in [6.07, 6.45) is -0.108. The van der Waals surface area contributed by atoms with Gasteiger partial charge in [0.15, 0.2) is 5.82 Å². The molecule has 0 saturated heterocycles. The van der Waals surface area contributed by atoms with Crippen molar-refractivity contribution >= 4 is 6.09 Å². The van der Waals surface area contributed by atoms with E-state index in [4.69, 9.17) is 14.6 Å². The Kier molecular flexibility index (Phi) is 6.51. The molecule has 0 fully saturated rings. The predicted molar refractivity (Wildman–Crippen MR) is 93.7 cm³/mol. The molecule has 1 atom stereocenters. The monoisotopic (exact) mass is 363 g/mol. The Balaban J connectivity index is 2.17. The molecule has 1 heterocycles. The van der Waals surface area contributed by atoms with Crippen molar-refractivity contribution in [3.63, 3.8) is 0 Å². The number of tetrazole rings is 1. The van der Waals surface area contributed by atoms with Crippen molar-refractivity contribution in [1.82, 2.24) is 25.5 Å². The SMILES string of the molecule is COc1ccc(CC(NC(=O)OC(C)(C)C)c2nnn(CCO)n2)cc1. The maximum Gasteiger partial charge on any atom is 0.408 e. The molecule has 1 aromatic carbocycles. The second kappa shape index (κ2) is 8.61. The highest BCUT2D eigenvalue weighted by Crippen LogP contribution is 2.19. The molecule has 26 heavy (non-hydrogen) atoms. The van der Waals surface area contributed by atoms with E-state index in [-0.39, 0.29) is 13.2 Å². The van der Waals surface area contributed by atoms with Gasteiger partial charge in [-0.2, -0.15) is 4.80 Å². The number of aliphatic hydroxyl groups excluding tert-OH is 1. The van der Waals surface area contributed by atoms with Gasteiger partial charge in [-0.05, 0) is 43.7 Å². The smallest absolute Gasteiger partial charge is 0.408 e. The van der Waals surface area contributed by atoms with Crippen LogP contribution in [0, 0.1) is 0 Å². The lowest BCUT2D eigenvalue weighted by atomic mass is 10.1. The van der Waals surface area contributed by atoms with Crippen molar-refractivity contribution in [1.29, 1.82) is 0 Å². The summed E-state index contributed by atoms with van der Waals surface area (Å²) in [6, 6.07) is 6.97. The topological polar surface area (TPSA) is 111 Å². The average molecular weight is 363 g/mol. The lowest BCUT2D eigenvalue weighted by Crippen LogP contribution is -2.36. The normalized spacial score (nSPS) is 12.5. The average Bonchev–Trinajstić information content (AvgIpc) is 3.02. The van der Waals surface area contributed by atoms with E-state index in [0.717, 1.165) is 11.3 Å². The van der Waals surface area contributed by atoms with Gasteiger partial charge in [0.2, 0.25) is 0 Å². The minimum absolute atomic E-state index is 0.0988. The second-order valence-electron chi connectivity index (χ2n) is 6.72. The van der Waals surface area contributed by atoms with Crippen LogP contribution < -0.4 is 10.1 Å². The highest BCUT2D eigenvalue weighted by atomic mass is 16.6. The highest BCUT2D eigenvalue weighted by Gasteiger charge is 2.24. The number of hydrogen-bond donors (Lipinski definition) is 2. The minimum atomic E-state index is -0.614. The van der Waals surface area contributed by atoms with E-state index in [0.29, 0.717) is 12.2 Å². The number of nitrogens with zero attached hydrogens (tertiary/aromatic N) is 4. The molecule has 0 bridgehead atoms. The number of hydrogen-bond acceptors (Lipinski definition) is 7. The summed E-state index contributed by atoms with van der Waals surface area (Å²) >= 11 is 0. The van der Waals surface area contributed by atoms with Crippen LogP contribution >= 0.6 is 0 Å². The number of ether oxygens (including phenoxy) is 2. The molecule has 1 unspecified atom stereocenters. The van der Waals surface area contributed by atoms with Gasteiger partial charge in [0, 0.05) is 6.42 Å². The largest absolute Gasteiger partial charge is 0.497 e. The third kappa shape index (κ3) is 5.99. The van der Waals surface area contributed by atoms with Crippen molar-refractivity contribution < 1.29 is 19.4 Å². The number of aromatic nitrogens is 4. The Morgan fingerprint density at radius 2 is 2.00 bits per heavy atom. The van der Waals surface area contributed by atoms with Crippen LogP contribution in [0.2, 0.25) is 0 Å². The molecule has 0 aliphatic carbocycles. The molecular formula is C17H25N5O4. The quantitative estimate of drug-likeness (QED) is 0.766. The minimum Gasteiger partial charge on any atom is -0.497 e. The van der Waals surface area contributed by atoms with E-state index in [1.54, 1.807) is 27.9 Å². The highest BCUT2D eigenvalue weighted by molar-refractivity contribution is 5.68. The summed E-state index contributed by atoms with van der Waals surface area (Å²) in [5.74, 6) is 1.09. The number of aliphatic hydroxyl groups is 1. The first-order valence-electron chi connectivity index (χ1n) is 8.31. The van der Waals surface area contributed by atoms with Crippen molar-refractivity contribution in [2.75, 3.05) is 13.7 Å². The molecule has 142 valence electrons. The molecule has 0 spiro atoms. The summed E-state index contributed by atoms with van der Waals surface area (Å²) in [6.45, 7) is 5.51. The van der Waals surface area contributed by atoms with Gasteiger partial charge in [-0.3, -0.25) is 0 Å². The summed E-state index contributed by atoms with van der Waals surface area (Å²) in [4.78, 5) is 13.5. The first kappa shape index (κ1) is 19.6. The Hall–Kier alpha value is -2.68. The standard InChI is InChI=1S/C17H25N5O4/c1-17(2,3)26-16(24)18-14(15-19-21-22(20-15)9-10-23)11-12-5-7-13(25-4)8-6-12/h5-8,14,23H,9-11H2,1-4H3,(H,18,24). The first-order valence-corrected chi connectivity index (χ1v) is 8.31. The van der Waals surface area contributed by atoms with Crippen LogP contribution in [0.5, 0.6) is 5.75 Å². The zero-order valence-electron chi connectivity index (χ0n) is 15.5. The van der Waals surface area contributed by atoms with Crippen molar-refractivity contribution in [3.8, 4) is 5.75 Å². The molecule has 2 aromatic rings. The first-order chi connectivity index (χ1) is 12.3. The molecule has 9 nitrogen and oxygen atoms in total. The molecule has 1 amide bonds. The van der Waals surface area contributed by atoms with Gasteiger partial charge in [-0.15, -0.1) is 10.2 Å². The summed E-state index contributed by atoms with van der Waals surface area (Å²) in [7, 11) is 1.60. The molecule has 0 aliphatic heterocycles. The molecule has 0 aliphatic rings. The van der Waals surface area contributed by atoms with E-state index < -0.39 is 17.7 Å². The van der Waals surface area contributed by atoms with Crippen molar-refractivity contribution in [2.45, 2.75) is 45.4 Å². The number of carbonyl (C=O) groups is 1. The molecule has 0 saturated carbocycles. The Morgan fingerprint density at radius 3 is 2.58 bits per heavy atom. The van der Waals surface area contributed by atoms with Crippen LogP contribution in [-0.2, 0) is 17.7 Å². The molecule has 2 rings (SSSR count). The summed E-state index contributed by atoms with van der Waals surface area (Å²) in [5.41, 5.74) is 0.349. The van der Waals surface area contributed by atoms with Crippen LogP contribution in [0.4, 0.5) is 4.79 Å². The van der Waals surface area contributed by atoms with Crippen LogP contribution in [-0.4, -0.2) is 50.7 Å². The Morgan fingerprint density at radius 1 is 1.31 bits per heavy atom. The number of rotatable bonds is 7. The van der Waals surface area contributed by atoms with Crippen LogP contribution in [0.25, 0.3) is 0 Å². The maximum absolute atomic E-state index is 12.2. The Bertz CT molecular complexity index is 709. The number of benzene rings is 1. The molecule has 0 radical (unpaired) electrons. The van der Waals surface area contributed by atoms with Crippen molar-refractivity contribution in [3.05, 3.63) is 35.7 Å². The Labute approximate surface area is 152 Å². The van der Waals surface area contributed by atoms with Gasteiger partial charge < -0.3 is 19.9 Å². The van der Waals surface area contributed by atoms with Crippen molar-refractivity contribution in [2.24, 2.45) is 0 Å². The maximum atomic E-state index is 12.2. The van der Waals surface area contributed by atoms with Gasteiger partial charge in [0.05, 0.1) is 20.3 Å². The fraction of sp³-hybridized carbons (Fsp3) is 0.529. The van der Waals surface area contributed by atoms with Crippen LogP contribution in [0.15, 0.2) is 24.3 Å². The second-order valence-corrected chi connectivity index (χ2v) is 6.72. The zero-order valence-corrected chi connectivity index (χ0v) is 15.5. The lowest BCUT2D eigenvalue weighted by molar-refractivity contribution is 0.0501. The number of amides is 1. The predicted octanol–water partition coefficient (Wildman–Crippen LogP) is 1.48. The third-order valence-corrected chi connectivity index (χ3v) is 3.37. The van der Waals surface area contributed by atoms with E-state index in [2.05, 4.69) is 20.7 Å². The van der Waals surface area contributed by atoms with Gasteiger partial charge in [-0.25, -0.2) is 4.79 Å². The van der Waals surface area contributed by atoms with Crippen LogP contribution in [0.1, 0.15) is 38.2 Å². The lowest BCUT2D eigenvalue weighted by Gasteiger charge is -2.22. The molecule has 9 heteroatoms. The molecular weight excluding hydrogens is 338 g/mol. The van der Waals surface area contributed by atoms with E-state index in [1.165, 1.54) is 4.80 Å². The van der Waals surface area contributed by atoms with Gasteiger partial charge in [-0.1, -0.05) is 12.1 Å². The van der Waals surface area contributed by atoms with E-state index in [1.807, 2.05) is 24.3 Å². The van der Waals surface area contributed by atoms with E-state index >= 15 is 0 Å². The number of methoxy groups -OCH3 is 1. The number of carbonyl (C=O) groups excluding carboxylic acids is 1. The number of nitrogens with one attached hydrogen (secondary N) is 1. The fourth-order valence-corrected chi connectivity index (χ4v) is 2.23. The zero-order chi connectivity index (χ0) is 19.2. The molecule has 2 N–H and O–H groups in total. The third-order valence-electron chi connectivity index (χ3n) is 3.37. The summed E-state index contributed by atoms with van der Waals surface area (Å²) < 4.78 is 10.5. The van der Waals surface area contributed by atoms with E-state index in [9.17, 15) is 4.79 Å². The van der Waals surface area contributed by atoms with Gasteiger partial charge in [0.25, 0.3) is 0 Å². The van der Waals surface area contributed by atoms with Crippen LogP contribution in [0.3, 0.4) is 0 Å². The van der Waals surface area contributed by atoms with Gasteiger partial charge in [0.1, 0.15) is 17.4 Å². The summed E-state index contributed by atoms with van der Waals surface area (Å²) in [5, 5.41) is 23.9. The molecule has 1 aromatic heterocycles.